The van der Waals surface area contributed by atoms with E-state index in [9.17, 15) is 0 Å². The van der Waals surface area contributed by atoms with Gasteiger partial charge in [0.2, 0.25) is 0 Å². The summed E-state index contributed by atoms with van der Waals surface area (Å²) in [5.41, 5.74) is 0. The SMILES string of the molecule is CCCCCCc1cc2sc3cc4c(cc3c2s1)sc1cc(CCOCOC)sc14. The lowest BCUT2D eigenvalue weighted by Crippen LogP contribution is -2.00. The average Bonchev–Trinajstić information content (AvgIpc) is 3.46. The van der Waals surface area contributed by atoms with E-state index >= 15 is 0 Å². The topological polar surface area (TPSA) is 18.5 Å². The highest BCUT2D eigenvalue weighted by Crippen LogP contribution is 2.46. The second kappa shape index (κ2) is 9.23. The molecule has 30 heavy (non-hydrogen) atoms. The van der Waals surface area contributed by atoms with Gasteiger partial charge in [-0.05, 0) is 37.1 Å². The van der Waals surface area contributed by atoms with Crippen molar-refractivity contribution in [2.24, 2.45) is 0 Å². The molecular weight excluding hydrogens is 449 g/mol. The monoisotopic (exact) mass is 474 g/mol. The molecule has 0 aliphatic carbocycles. The van der Waals surface area contributed by atoms with Crippen LogP contribution in [0.25, 0.3) is 39.0 Å². The lowest BCUT2D eigenvalue weighted by Gasteiger charge is -2.00. The zero-order valence-corrected chi connectivity index (χ0v) is 20.7. The molecule has 4 heterocycles. The minimum Gasteiger partial charge on any atom is -0.359 e. The summed E-state index contributed by atoms with van der Waals surface area (Å²) in [4.78, 5) is 2.95. The highest BCUT2D eigenvalue weighted by atomic mass is 32.1. The normalized spacial score (nSPS) is 12.3. The summed E-state index contributed by atoms with van der Waals surface area (Å²) in [7, 11) is 1.66. The Bertz CT molecular complexity index is 1190. The van der Waals surface area contributed by atoms with E-state index in [1.165, 1.54) is 76.0 Å². The van der Waals surface area contributed by atoms with Crippen LogP contribution in [0.5, 0.6) is 0 Å². The Morgan fingerprint density at radius 1 is 0.700 bits per heavy atom. The first-order valence-corrected chi connectivity index (χ1v) is 13.9. The van der Waals surface area contributed by atoms with Crippen molar-refractivity contribution in [2.45, 2.75) is 45.4 Å². The Morgan fingerprint density at radius 3 is 1.93 bits per heavy atom. The van der Waals surface area contributed by atoms with E-state index in [1.54, 1.807) is 12.0 Å². The van der Waals surface area contributed by atoms with Crippen LogP contribution in [0.4, 0.5) is 0 Å². The molecular formula is C24H26O2S4. The van der Waals surface area contributed by atoms with Crippen LogP contribution in [-0.2, 0) is 22.3 Å². The first-order chi connectivity index (χ1) is 14.8. The lowest BCUT2D eigenvalue weighted by atomic mass is 10.1. The zero-order valence-electron chi connectivity index (χ0n) is 17.4. The Morgan fingerprint density at radius 2 is 1.33 bits per heavy atom. The number of unbranched alkanes of at least 4 members (excludes halogenated alkanes) is 3. The molecule has 0 aliphatic rings. The van der Waals surface area contributed by atoms with Gasteiger partial charge >= 0.3 is 0 Å². The number of ether oxygens (including phenoxy) is 2. The van der Waals surface area contributed by atoms with Crippen LogP contribution in [0.15, 0.2) is 24.3 Å². The van der Waals surface area contributed by atoms with E-state index in [2.05, 4.69) is 31.2 Å². The quantitative estimate of drug-likeness (QED) is 0.149. The van der Waals surface area contributed by atoms with Crippen molar-refractivity contribution in [1.29, 1.82) is 0 Å². The number of rotatable bonds is 10. The van der Waals surface area contributed by atoms with Gasteiger partial charge in [-0.25, -0.2) is 0 Å². The van der Waals surface area contributed by atoms with Crippen LogP contribution in [0.1, 0.15) is 42.4 Å². The molecule has 6 heteroatoms. The van der Waals surface area contributed by atoms with Crippen LogP contribution < -0.4 is 0 Å². The molecule has 0 aliphatic heterocycles. The largest absolute Gasteiger partial charge is 0.359 e. The van der Waals surface area contributed by atoms with Crippen molar-refractivity contribution in [2.75, 3.05) is 20.5 Å². The number of methoxy groups -OCH3 is 1. The molecule has 0 spiro atoms. The predicted molar refractivity (Wildman–Crippen MR) is 137 cm³/mol. The van der Waals surface area contributed by atoms with Gasteiger partial charge in [0, 0.05) is 52.9 Å². The fraction of sp³-hybridized carbons (Fsp3) is 0.417. The molecule has 1 aromatic carbocycles. The minimum absolute atomic E-state index is 0.372. The van der Waals surface area contributed by atoms with E-state index in [0.717, 1.165) is 6.42 Å². The predicted octanol–water partition coefficient (Wildman–Crippen LogP) is 8.83. The number of aryl methyl sites for hydroxylation is 1. The molecule has 0 saturated carbocycles. The third kappa shape index (κ3) is 4.06. The molecule has 0 atom stereocenters. The number of hydrogen-bond acceptors (Lipinski definition) is 6. The fourth-order valence-corrected chi connectivity index (χ4v) is 9.12. The second-order valence-electron chi connectivity index (χ2n) is 7.74. The van der Waals surface area contributed by atoms with Crippen molar-refractivity contribution >= 4 is 84.3 Å². The third-order valence-corrected chi connectivity index (χ3v) is 10.4. The molecule has 0 fully saturated rings. The van der Waals surface area contributed by atoms with Crippen molar-refractivity contribution in [3.8, 4) is 0 Å². The van der Waals surface area contributed by atoms with Crippen LogP contribution in [0.3, 0.4) is 0 Å². The maximum atomic E-state index is 5.47. The Hall–Kier alpha value is -1.02. The number of benzene rings is 1. The number of fused-ring (bicyclic) bond motifs is 6. The van der Waals surface area contributed by atoms with Gasteiger partial charge in [-0.2, -0.15) is 0 Å². The third-order valence-electron chi connectivity index (χ3n) is 5.48. The fourth-order valence-electron chi connectivity index (χ4n) is 3.98. The summed E-state index contributed by atoms with van der Waals surface area (Å²) >= 11 is 7.84. The average molecular weight is 475 g/mol. The van der Waals surface area contributed by atoms with Crippen molar-refractivity contribution in [3.05, 3.63) is 34.0 Å². The smallest absolute Gasteiger partial charge is 0.146 e. The van der Waals surface area contributed by atoms with Gasteiger partial charge in [0.15, 0.2) is 0 Å². The standard InChI is InChI=1S/C24H26O2S4/c1-3-4-5-6-7-15-10-21-23(27-15)17-12-20-18(13-19(17)29-21)24-22(30-20)11-16(28-24)8-9-26-14-25-2/h10-13H,3-9,14H2,1-2H3. The first-order valence-electron chi connectivity index (χ1n) is 10.6. The molecule has 0 unspecified atom stereocenters. The summed E-state index contributed by atoms with van der Waals surface area (Å²) in [6.45, 7) is 3.36. The highest BCUT2D eigenvalue weighted by Gasteiger charge is 2.15. The summed E-state index contributed by atoms with van der Waals surface area (Å²) in [5, 5.41) is 2.87. The van der Waals surface area contributed by atoms with Gasteiger partial charge in [-0.15, -0.1) is 45.3 Å². The Kier molecular flexibility index (Phi) is 6.42. The van der Waals surface area contributed by atoms with E-state index in [1.807, 2.05) is 45.3 Å². The van der Waals surface area contributed by atoms with Crippen molar-refractivity contribution < 1.29 is 9.47 Å². The van der Waals surface area contributed by atoms with E-state index in [-0.39, 0.29) is 0 Å². The Balaban J connectivity index is 1.43. The lowest BCUT2D eigenvalue weighted by molar-refractivity contribution is -0.0289. The van der Waals surface area contributed by atoms with Gasteiger partial charge in [-0.3, -0.25) is 0 Å². The van der Waals surface area contributed by atoms with Crippen molar-refractivity contribution in [1.82, 2.24) is 0 Å². The molecule has 5 rings (SSSR count). The van der Waals surface area contributed by atoms with Gasteiger partial charge in [0.1, 0.15) is 6.79 Å². The number of hydrogen-bond donors (Lipinski definition) is 0. The van der Waals surface area contributed by atoms with E-state index in [0.29, 0.717) is 13.4 Å². The maximum Gasteiger partial charge on any atom is 0.146 e. The Labute approximate surface area is 193 Å². The van der Waals surface area contributed by atoms with Crippen molar-refractivity contribution in [3.63, 3.8) is 0 Å². The molecule has 0 radical (unpaired) electrons. The number of thiophene rings is 4. The molecule has 0 saturated heterocycles. The first kappa shape index (κ1) is 20.9. The van der Waals surface area contributed by atoms with E-state index < -0.39 is 0 Å². The summed E-state index contributed by atoms with van der Waals surface area (Å²) in [5.74, 6) is 0. The molecule has 158 valence electrons. The maximum absolute atomic E-state index is 5.47. The summed E-state index contributed by atoms with van der Waals surface area (Å²) < 4.78 is 19.1. The molecule has 4 aromatic heterocycles. The highest BCUT2D eigenvalue weighted by molar-refractivity contribution is 7.34. The van der Waals surface area contributed by atoms with Crippen LogP contribution >= 0.6 is 45.3 Å². The van der Waals surface area contributed by atoms with E-state index in [4.69, 9.17) is 9.47 Å². The summed E-state index contributed by atoms with van der Waals surface area (Å²) in [6.07, 6.45) is 7.54. The van der Waals surface area contributed by atoms with Gasteiger partial charge < -0.3 is 9.47 Å². The van der Waals surface area contributed by atoms with Crippen LogP contribution in [0, 0.1) is 0 Å². The van der Waals surface area contributed by atoms with Gasteiger partial charge in [-0.1, -0.05) is 26.2 Å². The minimum atomic E-state index is 0.372. The molecule has 5 aromatic rings. The van der Waals surface area contributed by atoms with Gasteiger partial charge in [0.05, 0.1) is 16.0 Å². The summed E-state index contributed by atoms with van der Waals surface area (Å²) in [6, 6.07) is 9.68. The second-order valence-corrected chi connectivity index (χ2v) is 12.2. The molecule has 0 N–H and O–H groups in total. The molecule has 0 bridgehead atoms. The molecule has 2 nitrogen and oxygen atoms in total. The zero-order chi connectivity index (χ0) is 20.5. The van der Waals surface area contributed by atoms with Gasteiger partial charge in [0.25, 0.3) is 0 Å². The molecule has 0 amide bonds. The van der Waals surface area contributed by atoms with Crippen LogP contribution in [0.2, 0.25) is 0 Å². The van der Waals surface area contributed by atoms with Crippen LogP contribution in [-0.4, -0.2) is 20.5 Å².